The summed E-state index contributed by atoms with van der Waals surface area (Å²) in [5.74, 6) is -0.190. The molecular weight excluding hydrogens is 398 g/mol. The Hall–Kier alpha value is -2.77. The van der Waals surface area contributed by atoms with Crippen LogP contribution in [-0.4, -0.2) is 64.7 Å². The molecule has 1 aromatic carbocycles. The van der Waals surface area contributed by atoms with Crippen molar-refractivity contribution in [1.29, 1.82) is 0 Å². The van der Waals surface area contributed by atoms with Crippen LogP contribution in [0.3, 0.4) is 0 Å². The summed E-state index contributed by atoms with van der Waals surface area (Å²) in [5, 5.41) is 2.91. The minimum absolute atomic E-state index is 0.0665. The highest BCUT2D eigenvalue weighted by molar-refractivity contribution is 5.79. The number of benzene rings is 1. The molecule has 1 fully saturated rings. The van der Waals surface area contributed by atoms with E-state index in [0.29, 0.717) is 6.54 Å². The number of hydrogen-bond acceptors (Lipinski definition) is 5. The molecule has 0 aromatic heterocycles. The topological polar surface area (TPSA) is 88.2 Å². The summed E-state index contributed by atoms with van der Waals surface area (Å²) in [5.41, 5.74) is -0.137. The van der Waals surface area contributed by atoms with Gasteiger partial charge in [0.15, 0.2) is 0 Å². The molecule has 2 rings (SSSR count). The first kappa shape index (κ1) is 24.5. The van der Waals surface area contributed by atoms with Crippen LogP contribution in [0.15, 0.2) is 30.3 Å². The Morgan fingerprint density at radius 1 is 1.00 bits per heavy atom. The largest absolute Gasteiger partial charge is 0.445 e. The van der Waals surface area contributed by atoms with Crippen LogP contribution in [0.1, 0.15) is 53.5 Å². The lowest BCUT2D eigenvalue weighted by Crippen LogP contribution is -2.58. The monoisotopic (exact) mass is 433 g/mol. The first-order valence-electron chi connectivity index (χ1n) is 10.6. The number of carbonyl (C=O) groups is 3. The molecule has 172 valence electrons. The van der Waals surface area contributed by atoms with E-state index in [1.165, 1.54) is 4.90 Å². The van der Waals surface area contributed by atoms with Gasteiger partial charge in [0.05, 0.1) is 6.04 Å². The van der Waals surface area contributed by atoms with Crippen LogP contribution in [0.25, 0.3) is 0 Å². The maximum absolute atomic E-state index is 12.8. The molecule has 1 saturated heterocycles. The number of carbonyl (C=O) groups excluding carboxylic acids is 3. The fraction of sp³-hybridized carbons (Fsp3) is 0.609. The SMILES string of the molecule is CC(C)(C)NC(=O)CC1CN(C(=O)OC(C)(C)C)CCN1C(=O)OCc1ccccc1. The number of ether oxygens (including phenoxy) is 2. The molecule has 8 nitrogen and oxygen atoms in total. The molecule has 3 amide bonds. The van der Waals surface area contributed by atoms with Crippen molar-refractivity contribution in [2.45, 2.75) is 71.8 Å². The zero-order chi connectivity index (χ0) is 23.2. The van der Waals surface area contributed by atoms with Crippen LogP contribution >= 0.6 is 0 Å². The Bertz CT molecular complexity index is 768. The fourth-order valence-corrected chi connectivity index (χ4v) is 3.25. The zero-order valence-corrected chi connectivity index (χ0v) is 19.4. The second-order valence-corrected chi connectivity index (χ2v) is 9.82. The highest BCUT2D eigenvalue weighted by atomic mass is 16.6. The van der Waals surface area contributed by atoms with Gasteiger partial charge in [0.2, 0.25) is 5.91 Å². The molecule has 1 unspecified atom stereocenters. The highest BCUT2D eigenvalue weighted by Crippen LogP contribution is 2.19. The summed E-state index contributed by atoms with van der Waals surface area (Å²) in [7, 11) is 0. The van der Waals surface area contributed by atoms with Gasteiger partial charge in [-0.25, -0.2) is 9.59 Å². The number of rotatable bonds is 4. The Morgan fingerprint density at radius 2 is 1.65 bits per heavy atom. The summed E-state index contributed by atoms with van der Waals surface area (Å²) in [6, 6.07) is 8.90. The molecule has 0 bridgehead atoms. The number of amides is 3. The Labute approximate surface area is 184 Å². The predicted octanol–water partition coefficient (Wildman–Crippen LogP) is 3.55. The molecule has 1 aliphatic rings. The van der Waals surface area contributed by atoms with Crippen molar-refractivity contribution in [3.63, 3.8) is 0 Å². The molecule has 0 spiro atoms. The second kappa shape index (κ2) is 10.0. The maximum atomic E-state index is 12.8. The van der Waals surface area contributed by atoms with Crippen LogP contribution in [0.5, 0.6) is 0 Å². The smallest absolute Gasteiger partial charge is 0.410 e. The minimum Gasteiger partial charge on any atom is -0.445 e. The van der Waals surface area contributed by atoms with Gasteiger partial charge in [-0.15, -0.1) is 0 Å². The Morgan fingerprint density at radius 3 is 2.23 bits per heavy atom. The van der Waals surface area contributed by atoms with Gasteiger partial charge in [-0.2, -0.15) is 0 Å². The normalized spacial score (nSPS) is 17.2. The van der Waals surface area contributed by atoms with E-state index in [0.717, 1.165) is 5.56 Å². The van der Waals surface area contributed by atoms with E-state index < -0.39 is 29.4 Å². The minimum atomic E-state index is -0.623. The van der Waals surface area contributed by atoms with Crippen molar-refractivity contribution in [2.75, 3.05) is 19.6 Å². The second-order valence-electron chi connectivity index (χ2n) is 9.82. The third-order valence-corrected chi connectivity index (χ3v) is 4.51. The van der Waals surface area contributed by atoms with Gasteiger partial charge in [0.25, 0.3) is 0 Å². The lowest BCUT2D eigenvalue weighted by Gasteiger charge is -2.41. The molecule has 1 heterocycles. The van der Waals surface area contributed by atoms with E-state index in [1.54, 1.807) is 25.7 Å². The lowest BCUT2D eigenvalue weighted by atomic mass is 10.1. The van der Waals surface area contributed by atoms with Gasteiger partial charge in [-0.1, -0.05) is 30.3 Å². The van der Waals surface area contributed by atoms with Gasteiger partial charge in [0.1, 0.15) is 12.2 Å². The van der Waals surface area contributed by atoms with E-state index in [1.807, 2.05) is 51.1 Å². The number of piperazine rings is 1. The summed E-state index contributed by atoms with van der Waals surface area (Å²) in [6.07, 6.45) is -0.885. The van der Waals surface area contributed by atoms with Gasteiger partial charge < -0.3 is 24.6 Å². The summed E-state index contributed by atoms with van der Waals surface area (Å²) >= 11 is 0. The van der Waals surface area contributed by atoms with Gasteiger partial charge in [-0.3, -0.25) is 4.79 Å². The maximum Gasteiger partial charge on any atom is 0.410 e. The van der Waals surface area contributed by atoms with Crippen LogP contribution in [-0.2, 0) is 20.9 Å². The third-order valence-electron chi connectivity index (χ3n) is 4.51. The standard InChI is InChI=1S/C23H35N3O5/c1-22(2,3)24-19(27)14-18-15-25(20(28)31-23(4,5)6)12-13-26(18)21(29)30-16-17-10-8-7-9-11-17/h7-11,18H,12-16H2,1-6H3,(H,24,27). The average molecular weight is 434 g/mol. The molecule has 1 aliphatic heterocycles. The molecule has 0 aliphatic carbocycles. The van der Waals surface area contributed by atoms with E-state index in [-0.39, 0.29) is 32.0 Å². The fourth-order valence-electron chi connectivity index (χ4n) is 3.25. The Kier molecular flexibility index (Phi) is 7.92. The molecule has 8 heteroatoms. The molecule has 0 radical (unpaired) electrons. The lowest BCUT2D eigenvalue weighted by molar-refractivity contribution is -0.124. The van der Waals surface area contributed by atoms with E-state index in [4.69, 9.17) is 9.47 Å². The van der Waals surface area contributed by atoms with Crippen molar-refractivity contribution >= 4 is 18.1 Å². The van der Waals surface area contributed by atoms with Gasteiger partial charge in [0, 0.05) is 31.6 Å². The van der Waals surface area contributed by atoms with Crippen LogP contribution in [0.4, 0.5) is 9.59 Å². The van der Waals surface area contributed by atoms with Crippen molar-refractivity contribution in [3.05, 3.63) is 35.9 Å². The molecule has 1 N–H and O–H groups in total. The predicted molar refractivity (Wildman–Crippen MR) is 117 cm³/mol. The van der Waals surface area contributed by atoms with Crippen molar-refractivity contribution in [3.8, 4) is 0 Å². The summed E-state index contributed by atoms with van der Waals surface area (Å²) in [4.78, 5) is 41.0. The van der Waals surface area contributed by atoms with E-state index in [2.05, 4.69) is 5.32 Å². The molecule has 1 atom stereocenters. The number of nitrogens with zero attached hydrogens (tertiary/aromatic N) is 2. The van der Waals surface area contributed by atoms with E-state index in [9.17, 15) is 14.4 Å². The quantitative estimate of drug-likeness (QED) is 0.785. The summed E-state index contributed by atoms with van der Waals surface area (Å²) < 4.78 is 10.9. The van der Waals surface area contributed by atoms with Crippen LogP contribution in [0.2, 0.25) is 0 Å². The van der Waals surface area contributed by atoms with Gasteiger partial charge >= 0.3 is 12.2 Å². The average Bonchev–Trinajstić information content (AvgIpc) is 2.64. The van der Waals surface area contributed by atoms with Crippen LogP contribution in [0, 0.1) is 0 Å². The third kappa shape index (κ3) is 8.47. The van der Waals surface area contributed by atoms with Crippen molar-refractivity contribution < 1.29 is 23.9 Å². The summed E-state index contributed by atoms with van der Waals surface area (Å²) in [6.45, 7) is 12.0. The van der Waals surface area contributed by atoms with Crippen molar-refractivity contribution in [1.82, 2.24) is 15.1 Å². The molecule has 1 aromatic rings. The number of nitrogens with one attached hydrogen (secondary N) is 1. The molecule has 0 saturated carbocycles. The number of hydrogen-bond donors (Lipinski definition) is 1. The first-order chi connectivity index (χ1) is 14.3. The first-order valence-corrected chi connectivity index (χ1v) is 10.6. The Balaban J connectivity index is 2.08. The molecule has 31 heavy (non-hydrogen) atoms. The van der Waals surface area contributed by atoms with Crippen molar-refractivity contribution in [2.24, 2.45) is 0 Å². The highest BCUT2D eigenvalue weighted by Gasteiger charge is 2.36. The molecular formula is C23H35N3O5. The van der Waals surface area contributed by atoms with E-state index >= 15 is 0 Å². The zero-order valence-electron chi connectivity index (χ0n) is 19.4. The van der Waals surface area contributed by atoms with Gasteiger partial charge in [-0.05, 0) is 47.1 Å². The van der Waals surface area contributed by atoms with Crippen LogP contribution < -0.4 is 5.32 Å².